The maximum absolute atomic E-state index is 13.3. The van der Waals surface area contributed by atoms with Crippen molar-refractivity contribution in [2.45, 2.75) is 88.3 Å². The van der Waals surface area contributed by atoms with Gasteiger partial charge >= 0.3 is 6.09 Å². The van der Waals surface area contributed by atoms with Gasteiger partial charge in [-0.05, 0) is 68.6 Å². The first-order chi connectivity index (χ1) is 18.3. The number of alkyl carbamates (subject to hydrolysis) is 1. The Bertz CT molecular complexity index is 1120. The van der Waals surface area contributed by atoms with Gasteiger partial charge in [0.05, 0.1) is 6.04 Å². The van der Waals surface area contributed by atoms with Crippen molar-refractivity contribution in [2.75, 3.05) is 6.54 Å². The lowest BCUT2D eigenvalue weighted by atomic mass is 9.92. The zero-order chi connectivity index (χ0) is 28.8. The van der Waals surface area contributed by atoms with Gasteiger partial charge in [0.1, 0.15) is 17.4 Å². The number of benzene rings is 1. The van der Waals surface area contributed by atoms with Gasteiger partial charge in [-0.3, -0.25) is 14.1 Å². The second-order valence-electron chi connectivity index (χ2n) is 11.0. The van der Waals surface area contributed by atoms with Gasteiger partial charge in [0.25, 0.3) is 10.1 Å². The van der Waals surface area contributed by atoms with Crippen LogP contribution in [0.25, 0.3) is 0 Å². The van der Waals surface area contributed by atoms with Crippen LogP contribution >= 0.6 is 0 Å². The smallest absolute Gasteiger partial charge is 0.408 e. The molecule has 1 aromatic rings. The third-order valence-electron chi connectivity index (χ3n) is 7.28. The molecular formula is C26H39N3O9S. The molecule has 1 unspecified atom stereocenters. The van der Waals surface area contributed by atoms with Crippen LogP contribution < -0.4 is 16.0 Å². The lowest BCUT2D eigenvalue weighted by molar-refractivity contribution is -0.126. The number of phenols is 1. The van der Waals surface area contributed by atoms with Crippen LogP contribution in [0.5, 0.6) is 5.75 Å². The average Bonchev–Trinajstić information content (AvgIpc) is 3.47. The largest absolute Gasteiger partial charge is 0.508 e. The van der Waals surface area contributed by atoms with E-state index in [1.807, 2.05) is 13.8 Å². The first kappa shape index (κ1) is 30.6. The first-order valence-electron chi connectivity index (χ1n) is 13.3. The molecule has 3 rings (SSSR count). The topological polar surface area (TPSA) is 191 Å². The van der Waals surface area contributed by atoms with E-state index in [9.17, 15) is 37.6 Å². The van der Waals surface area contributed by atoms with Crippen molar-refractivity contribution in [1.82, 2.24) is 16.0 Å². The summed E-state index contributed by atoms with van der Waals surface area (Å²) in [4.78, 5) is 38.3. The first-order valence-corrected chi connectivity index (χ1v) is 14.8. The molecule has 1 saturated carbocycles. The fraction of sp³-hybridized carbons (Fsp3) is 0.654. The second kappa shape index (κ2) is 13.0. The minimum atomic E-state index is -4.95. The summed E-state index contributed by atoms with van der Waals surface area (Å²) < 4.78 is 38.7. The highest BCUT2D eigenvalue weighted by Crippen LogP contribution is 2.36. The number of phenolic OH excluding ortho intramolecular Hbond substituents is 1. The Labute approximate surface area is 228 Å². The highest BCUT2D eigenvalue weighted by Gasteiger charge is 2.40. The Kier molecular flexibility index (Phi) is 10.2. The molecule has 1 aliphatic heterocycles. The van der Waals surface area contributed by atoms with E-state index in [4.69, 9.17) is 4.74 Å². The van der Waals surface area contributed by atoms with Gasteiger partial charge in [-0.1, -0.05) is 26.0 Å². The molecule has 0 aromatic heterocycles. The molecule has 1 heterocycles. The standard InChI is InChI=1S/C26H39N3O9S/c1-16(2)13-20(23(32)28-21(24(33)39(35,36)37)14-18-9-12-27-22(18)31)29-25(34)38-26(10-3-4-11-26)15-17-5-7-19(30)8-6-17/h5-8,16,18,20-21,24,30,33H,3-4,9-15H2,1-2H3,(H,27,31)(H,28,32)(H,29,34)(H,35,36,37)/t18-,20-,21-,24?/m0/s1. The Hall–Kier alpha value is -2.90. The second-order valence-corrected chi connectivity index (χ2v) is 12.5. The Balaban J connectivity index is 1.72. The molecular weight excluding hydrogens is 530 g/mol. The van der Waals surface area contributed by atoms with Gasteiger partial charge in [-0.15, -0.1) is 0 Å². The minimum Gasteiger partial charge on any atom is -0.508 e. The zero-order valence-electron chi connectivity index (χ0n) is 22.3. The van der Waals surface area contributed by atoms with Crippen LogP contribution in [-0.2, 0) is 30.9 Å². The summed E-state index contributed by atoms with van der Waals surface area (Å²) in [6, 6.07) is 4.04. The maximum atomic E-state index is 13.3. The SMILES string of the molecule is CC(C)C[C@H](NC(=O)OC1(Cc2ccc(O)cc2)CCCC1)C(=O)N[C@@H](C[C@@H]1CCNC1=O)C(O)S(=O)(=O)O. The van der Waals surface area contributed by atoms with Gasteiger partial charge in [-0.2, -0.15) is 8.42 Å². The van der Waals surface area contributed by atoms with Crippen molar-refractivity contribution in [1.29, 1.82) is 0 Å². The third-order valence-corrected chi connectivity index (χ3v) is 8.22. The Morgan fingerprint density at radius 1 is 1.15 bits per heavy atom. The summed E-state index contributed by atoms with van der Waals surface area (Å²) in [5.74, 6) is -1.69. The van der Waals surface area contributed by atoms with Gasteiger partial charge in [0, 0.05) is 18.9 Å². The molecule has 218 valence electrons. The number of aliphatic hydroxyl groups is 1. The van der Waals surface area contributed by atoms with Crippen molar-refractivity contribution in [3.8, 4) is 5.75 Å². The number of aliphatic hydroxyl groups excluding tert-OH is 1. The highest BCUT2D eigenvalue weighted by atomic mass is 32.2. The van der Waals surface area contributed by atoms with Gasteiger partial charge in [0.2, 0.25) is 17.3 Å². The lowest BCUT2D eigenvalue weighted by Crippen LogP contribution is -2.55. The fourth-order valence-corrected chi connectivity index (χ4v) is 5.90. The monoisotopic (exact) mass is 569 g/mol. The molecule has 2 fully saturated rings. The van der Waals surface area contributed by atoms with Crippen molar-refractivity contribution in [2.24, 2.45) is 11.8 Å². The molecule has 39 heavy (non-hydrogen) atoms. The van der Waals surface area contributed by atoms with Crippen LogP contribution in [0.3, 0.4) is 0 Å². The van der Waals surface area contributed by atoms with E-state index in [0.717, 1.165) is 18.4 Å². The van der Waals surface area contributed by atoms with Crippen LogP contribution in [0.4, 0.5) is 4.79 Å². The minimum absolute atomic E-state index is 0.0518. The summed E-state index contributed by atoms with van der Waals surface area (Å²) in [7, 11) is -4.95. The molecule has 0 bridgehead atoms. The molecule has 13 heteroatoms. The maximum Gasteiger partial charge on any atom is 0.408 e. The van der Waals surface area contributed by atoms with Crippen molar-refractivity contribution >= 4 is 28.0 Å². The summed E-state index contributed by atoms with van der Waals surface area (Å²) in [5, 5.41) is 27.5. The van der Waals surface area contributed by atoms with Crippen molar-refractivity contribution < 1.29 is 42.3 Å². The number of hydrogen-bond acceptors (Lipinski definition) is 8. The van der Waals surface area contributed by atoms with Crippen LogP contribution in [0.15, 0.2) is 24.3 Å². The number of ether oxygens (including phenoxy) is 1. The summed E-state index contributed by atoms with van der Waals surface area (Å²) in [5.41, 5.74) is -2.25. The number of rotatable bonds is 12. The third kappa shape index (κ3) is 8.80. The summed E-state index contributed by atoms with van der Waals surface area (Å²) in [6.45, 7) is 4.05. The zero-order valence-corrected chi connectivity index (χ0v) is 23.1. The van der Waals surface area contributed by atoms with Crippen molar-refractivity contribution in [3.63, 3.8) is 0 Å². The fourth-order valence-electron chi connectivity index (χ4n) is 5.31. The van der Waals surface area contributed by atoms with E-state index in [0.29, 0.717) is 32.2 Å². The molecule has 0 spiro atoms. The summed E-state index contributed by atoms with van der Waals surface area (Å²) >= 11 is 0. The number of carbonyl (C=O) groups excluding carboxylic acids is 3. The van der Waals surface area contributed by atoms with E-state index < -0.39 is 51.2 Å². The normalized spacial score (nSPS) is 21.2. The number of carbonyl (C=O) groups is 3. The Morgan fingerprint density at radius 2 is 1.79 bits per heavy atom. The molecule has 12 nitrogen and oxygen atoms in total. The van der Waals surface area contributed by atoms with Gasteiger partial charge in [-0.25, -0.2) is 4.79 Å². The van der Waals surface area contributed by atoms with E-state index in [1.54, 1.807) is 24.3 Å². The molecule has 4 atom stereocenters. The number of nitrogens with one attached hydrogen (secondary N) is 3. The molecule has 6 N–H and O–H groups in total. The van der Waals surface area contributed by atoms with E-state index in [2.05, 4.69) is 16.0 Å². The average molecular weight is 570 g/mol. The summed E-state index contributed by atoms with van der Waals surface area (Å²) in [6.07, 6.45) is 2.98. The van der Waals surface area contributed by atoms with Crippen LogP contribution in [-0.4, -0.2) is 70.8 Å². The van der Waals surface area contributed by atoms with Crippen LogP contribution in [0.2, 0.25) is 0 Å². The molecule has 1 aromatic carbocycles. The molecule has 0 radical (unpaired) electrons. The molecule has 1 aliphatic carbocycles. The predicted octanol–water partition coefficient (Wildman–Crippen LogP) is 1.61. The molecule has 1 saturated heterocycles. The van der Waals surface area contributed by atoms with Crippen molar-refractivity contribution in [3.05, 3.63) is 29.8 Å². The number of aromatic hydroxyl groups is 1. The number of hydrogen-bond donors (Lipinski definition) is 6. The highest BCUT2D eigenvalue weighted by molar-refractivity contribution is 7.86. The van der Waals surface area contributed by atoms with Crippen LogP contribution in [0, 0.1) is 11.8 Å². The molecule has 2 aliphatic rings. The Morgan fingerprint density at radius 3 is 2.33 bits per heavy atom. The number of amides is 3. The van der Waals surface area contributed by atoms with E-state index >= 15 is 0 Å². The van der Waals surface area contributed by atoms with Gasteiger partial charge in [0.15, 0.2) is 0 Å². The predicted molar refractivity (Wildman–Crippen MR) is 141 cm³/mol. The van der Waals surface area contributed by atoms with E-state index in [1.165, 1.54) is 0 Å². The molecule has 3 amide bonds. The lowest BCUT2D eigenvalue weighted by Gasteiger charge is -2.31. The quantitative estimate of drug-likeness (QED) is 0.203. The van der Waals surface area contributed by atoms with E-state index in [-0.39, 0.29) is 30.4 Å². The van der Waals surface area contributed by atoms with Gasteiger partial charge < -0.3 is 30.9 Å². The van der Waals surface area contributed by atoms with Crippen LogP contribution in [0.1, 0.15) is 64.4 Å².